The summed E-state index contributed by atoms with van der Waals surface area (Å²) < 4.78 is 12.5. The Balaban J connectivity index is 1.91. The SMILES string of the molecule is Cc1c(C(=O)N(C)C(C)C(=O)O)nnn1-c1ccc2c(c1)OCCO2. The molecule has 1 aromatic carbocycles. The second-order valence-electron chi connectivity index (χ2n) is 5.69. The molecule has 1 amide bonds. The predicted octanol–water partition coefficient (Wildman–Crippen LogP) is 0.892. The van der Waals surface area contributed by atoms with Gasteiger partial charge in [0, 0.05) is 13.1 Å². The van der Waals surface area contributed by atoms with E-state index in [0.717, 1.165) is 4.90 Å². The molecule has 3 rings (SSSR count). The lowest BCUT2D eigenvalue weighted by Gasteiger charge is -2.20. The Morgan fingerprint density at radius 3 is 2.64 bits per heavy atom. The van der Waals surface area contributed by atoms with Crippen LogP contribution in [0.4, 0.5) is 0 Å². The molecule has 1 aromatic heterocycles. The van der Waals surface area contributed by atoms with E-state index in [2.05, 4.69) is 10.3 Å². The number of likely N-dealkylation sites (N-methyl/N-ethyl adjacent to an activating group) is 1. The van der Waals surface area contributed by atoms with E-state index >= 15 is 0 Å². The minimum atomic E-state index is -1.09. The van der Waals surface area contributed by atoms with Gasteiger partial charge in [0.1, 0.15) is 19.3 Å². The average Bonchev–Trinajstić information content (AvgIpc) is 3.00. The van der Waals surface area contributed by atoms with Crippen molar-refractivity contribution in [2.24, 2.45) is 0 Å². The molecule has 0 aliphatic carbocycles. The van der Waals surface area contributed by atoms with E-state index in [0.29, 0.717) is 36.1 Å². The second kappa shape index (κ2) is 6.42. The van der Waals surface area contributed by atoms with Crippen LogP contribution in [-0.2, 0) is 4.79 Å². The van der Waals surface area contributed by atoms with Crippen LogP contribution in [0.3, 0.4) is 0 Å². The third kappa shape index (κ3) is 3.00. The van der Waals surface area contributed by atoms with Crippen molar-refractivity contribution in [1.29, 1.82) is 0 Å². The molecule has 1 atom stereocenters. The molecule has 0 saturated carbocycles. The number of fused-ring (bicyclic) bond motifs is 1. The number of nitrogens with zero attached hydrogens (tertiary/aromatic N) is 4. The summed E-state index contributed by atoms with van der Waals surface area (Å²) in [7, 11) is 1.42. The number of rotatable bonds is 4. The van der Waals surface area contributed by atoms with Crippen LogP contribution >= 0.6 is 0 Å². The lowest BCUT2D eigenvalue weighted by Crippen LogP contribution is -2.40. The molecule has 2 aromatic rings. The van der Waals surface area contributed by atoms with Gasteiger partial charge in [-0.25, -0.2) is 9.48 Å². The van der Waals surface area contributed by atoms with Crippen molar-refractivity contribution in [3.63, 3.8) is 0 Å². The molecule has 9 nitrogen and oxygen atoms in total. The first kappa shape index (κ1) is 16.7. The maximum Gasteiger partial charge on any atom is 0.326 e. The number of aromatic nitrogens is 3. The number of carboxylic acids is 1. The third-order valence-electron chi connectivity index (χ3n) is 4.13. The molecule has 25 heavy (non-hydrogen) atoms. The smallest absolute Gasteiger partial charge is 0.326 e. The quantitative estimate of drug-likeness (QED) is 0.876. The summed E-state index contributed by atoms with van der Waals surface area (Å²) in [6.07, 6.45) is 0. The zero-order valence-electron chi connectivity index (χ0n) is 14.1. The molecule has 1 aliphatic heterocycles. The first-order valence-electron chi connectivity index (χ1n) is 7.72. The molecule has 0 fully saturated rings. The highest BCUT2D eigenvalue weighted by Crippen LogP contribution is 2.32. The average molecular weight is 346 g/mol. The van der Waals surface area contributed by atoms with Crippen LogP contribution in [0.1, 0.15) is 23.1 Å². The Hall–Kier alpha value is -3.10. The van der Waals surface area contributed by atoms with Gasteiger partial charge in [-0.2, -0.15) is 0 Å². The Kier molecular flexibility index (Phi) is 4.30. The summed E-state index contributed by atoms with van der Waals surface area (Å²) in [6.45, 7) is 4.10. The third-order valence-corrected chi connectivity index (χ3v) is 4.13. The number of carboxylic acid groups (broad SMARTS) is 1. The summed E-state index contributed by atoms with van der Waals surface area (Å²) in [5.41, 5.74) is 1.28. The van der Waals surface area contributed by atoms with E-state index in [1.54, 1.807) is 25.1 Å². The van der Waals surface area contributed by atoms with Crippen LogP contribution in [0, 0.1) is 6.92 Å². The fraction of sp³-hybridized carbons (Fsp3) is 0.375. The predicted molar refractivity (Wildman–Crippen MR) is 86.3 cm³/mol. The Morgan fingerprint density at radius 1 is 1.28 bits per heavy atom. The van der Waals surface area contributed by atoms with Crippen LogP contribution in [0.2, 0.25) is 0 Å². The summed E-state index contributed by atoms with van der Waals surface area (Å²) >= 11 is 0. The van der Waals surface area contributed by atoms with Crippen LogP contribution in [0.15, 0.2) is 18.2 Å². The number of aliphatic carboxylic acids is 1. The number of hydrogen-bond acceptors (Lipinski definition) is 6. The molecule has 1 unspecified atom stereocenters. The van der Waals surface area contributed by atoms with Gasteiger partial charge in [-0.15, -0.1) is 5.10 Å². The molecular formula is C16H18N4O5. The van der Waals surface area contributed by atoms with Gasteiger partial charge in [0.2, 0.25) is 0 Å². The first-order valence-corrected chi connectivity index (χ1v) is 7.72. The number of carbonyl (C=O) groups excluding carboxylic acids is 1. The van der Waals surface area contributed by atoms with Gasteiger partial charge in [0.15, 0.2) is 17.2 Å². The number of benzene rings is 1. The maximum atomic E-state index is 12.5. The van der Waals surface area contributed by atoms with E-state index in [-0.39, 0.29) is 5.69 Å². The highest BCUT2D eigenvalue weighted by atomic mass is 16.6. The van der Waals surface area contributed by atoms with Gasteiger partial charge in [-0.3, -0.25) is 4.79 Å². The van der Waals surface area contributed by atoms with E-state index in [1.165, 1.54) is 18.7 Å². The standard InChI is InChI=1S/C16H18N4O5/c1-9-14(15(21)19(3)10(2)16(22)23)17-18-20(9)11-4-5-12-13(8-11)25-7-6-24-12/h4-5,8,10H,6-7H2,1-3H3,(H,22,23). The second-order valence-corrected chi connectivity index (χ2v) is 5.69. The summed E-state index contributed by atoms with van der Waals surface area (Å²) in [6, 6.07) is 4.35. The van der Waals surface area contributed by atoms with Crippen molar-refractivity contribution < 1.29 is 24.2 Å². The fourth-order valence-electron chi connectivity index (χ4n) is 2.44. The highest BCUT2D eigenvalue weighted by molar-refractivity contribution is 5.95. The van der Waals surface area contributed by atoms with E-state index in [9.17, 15) is 9.59 Å². The number of carbonyl (C=O) groups is 2. The van der Waals surface area contributed by atoms with Gasteiger partial charge in [-0.05, 0) is 26.0 Å². The van der Waals surface area contributed by atoms with Crippen molar-refractivity contribution in [3.8, 4) is 17.2 Å². The molecule has 0 saturated heterocycles. The molecule has 1 N–H and O–H groups in total. The molecule has 0 spiro atoms. The molecular weight excluding hydrogens is 328 g/mol. The van der Waals surface area contributed by atoms with Crippen LogP contribution in [0.5, 0.6) is 11.5 Å². The monoisotopic (exact) mass is 346 g/mol. The summed E-state index contributed by atoms with van der Waals surface area (Å²) in [4.78, 5) is 24.7. The van der Waals surface area contributed by atoms with E-state index in [1.807, 2.05) is 0 Å². The van der Waals surface area contributed by atoms with Crippen LogP contribution in [0.25, 0.3) is 5.69 Å². The number of amides is 1. The van der Waals surface area contributed by atoms with Crippen LogP contribution < -0.4 is 9.47 Å². The van der Waals surface area contributed by atoms with Gasteiger partial charge in [-0.1, -0.05) is 5.21 Å². The topological polar surface area (TPSA) is 107 Å². The van der Waals surface area contributed by atoms with Crippen molar-refractivity contribution >= 4 is 11.9 Å². The Bertz CT molecular complexity index is 832. The van der Waals surface area contributed by atoms with Crippen molar-refractivity contribution in [2.75, 3.05) is 20.3 Å². The molecule has 2 heterocycles. The normalized spacial score (nSPS) is 14.0. The summed E-state index contributed by atoms with van der Waals surface area (Å²) in [5, 5.41) is 17.0. The van der Waals surface area contributed by atoms with Gasteiger partial charge in [0.25, 0.3) is 5.91 Å². The van der Waals surface area contributed by atoms with Crippen molar-refractivity contribution in [1.82, 2.24) is 19.9 Å². The Labute approximate surface area is 143 Å². The fourth-order valence-corrected chi connectivity index (χ4v) is 2.44. The number of hydrogen-bond donors (Lipinski definition) is 1. The lowest BCUT2D eigenvalue weighted by atomic mass is 10.2. The van der Waals surface area contributed by atoms with E-state index in [4.69, 9.17) is 14.6 Å². The van der Waals surface area contributed by atoms with Crippen molar-refractivity contribution in [3.05, 3.63) is 29.6 Å². The number of ether oxygens (including phenoxy) is 2. The van der Waals surface area contributed by atoms with Crippen molar-refractivity contribution in [2.45, 2.75) is 19.9 Å². The van der Waals surface area contributed by atoms with Gasteiger partial charge in [0.05, 0.1) is 11.4 Å². The molecule has 9 heteroatoms. The lowest BCUT2D eigenvalue weighted by molar-refractivity contribution is -0.141. The molecule has 0 radical (unpaired) electrons. The summed E-state index contributed by atoms with van der Waals surface area (Å²) in [5.74, 6) is -0.342. The largest absolute Gasteiger partial charge is 0.486 e. The van der Waals surface area contributed by atoms with Gasteiger partial charge < -0.3 is 19.5 Å². The molecule has 1 aliphatic rings. The minimum Gasteiger partial charge on any atom is -0.486 e. The maximum absolute atomic E-state index is 12.5. The first-order chi connectivity index (χ1) is 11.9. The highest BCUT2D eigenvalue weighted by Gasteiger charge is 2.27. The molecule has 132 valence electrons. The zero-order chi connectivity index (χ0) is 18.1. The van der Waals surface area contributed by atoms with Crippen LogP contribution in [-0.4, -0.2) is 63.2 Å². The minimum absolute atomic E-state index is 0.102. The Morgan fingerprint density at radius 2 is 1.96 bits per heavy atom. The van der Waals surface area contributed by atoms with Gasteiger partial charge >= 0.3 is 5.97 Å². The van der Waals surface area contributed by atoms with E-state index < -0.39 is 17.9 Å². The zero-order valence-corrected chi connectivity index (χ0v) is 14.1. The molecule has 0 bridgehead atoms.